The van der Waals surface area contributed by atoms with Gasteiger partial charge in [-0.2, -0.15) is 0 Å². The highest BCUT2D eigenvalue weighted by molar-refractivity contribution is 7.99. The molecule has 2 heterocycles. The molecule has 0 unspecified atom stereocenters. The van der Waals surface area contributed by atoms with Crippen LogP contribution >= 0.6 is 23.4 Å². The van der Waals surface area contributed by atoms with E-state index in [1.54, 1.807) is 25.5 Å². The first-order chi connectivity index (χ1) is 7.78. The Hall–Kier alpha value is -1.33. The van der Waals surface area contributed by atoms with Crippen molar-refractivity contribution < 1.29 is 0 Å². The summed E-state index contributed by atoms with van der Waals surface area (Å²) in [5.74, 6) is 0.596. The molecule has 0 spiro atoms. The highest BCUT2D eigenvalue weighted by atomic mass is 35.5. The summed E-state index contributed by atoms with van der Waals surface area (Å²) in [5, 5.41) is 5.21. The molecule has 0 aliphatic rings. The van der Waals surface area contributed by atoms with Gasteiger partial charge in [0.05, 0.1) is 5.02 Å². The van der Waals surface area contributed by atoms with Gasteiger partial charge in [-0.3, -0.25) is 0 Å². The normalized spacial score (nSPS) is 10.1. The van der Waals surface area contributed by atoms with Gasteiger partial charge in [-0.25, -0.2) is 15.0 Å². The Labute approximate surface area is 102 Å². The van der Waals surface area contributed by atoms with Gasteiger partial charge in [0.25, 0.3) is 0 Å². The van der Waals surface area contributed by atoms with E-state index in [0.717, 1.165) is 10.1 Å². The van der Waals surface area contributed by atoms with Crippen LogP contribution in [0.2, 0.25) is 5.02 Å². The van der Waals surface area contributed by atoms with Crippen molar-refractivity contribution >= 4 is 29.3 Å². The van der Waals surface area contributed by atoms with E-state index < -0.39 is 0 Å². The maximum absolute atomic E-state index is 5.75. The van der Waals surface area contributed by atoms with Gasteiger partial charge in [-0.15, -0.1) is 0 Å². The minimum atomic E-state index is 0.596. The van der Waals surface area contributed by atoms with Gasteiger partial charge in [0, 0.05) is 19.4 Å². The molecule has 0 aromatic carbocycles. The van der Waals surface area contributed by atoms with E-state index in [1.807, 2.05) is 12.1 Å². The number of rotatable bonds is 3. The lowest BCUT2D eigenvalue weighted by Gasteiger charge is -2.02. The molecule has 0 atom stereocenters. The second kappa shape index (κ2) is 5.14. The second-order valence-corrected chi connectivity index (χ2v) is 4.36. The van der Waals surface area contributed by atoms with Crippen molar-refractivity contribution in [2.24, 2.45) is 0 Å². The van der Waals surface area contributed by atoms with Gasteiger partial charge >= 0.3 is 0 Å². The van der Waals surface area contributed by atoms with E-state index in [1.165, 1.54) is 11.8 Å². The van der Waals surface area contributed by atoms with Gasteiger partial charge in [-0.1, -0.05) is 11.6 Å². The predicted molar refractivity (Wildman–Crippen MR) is 64.9 cm³/mol. The zero-order valence-corrected chi connectivity index (χ0v) is 10.1. The summed E-state index contributed by atoms with van der Waals surface area (Å²) in [6, 6.07) is 5.49. The summed E-state index contributed by atoms with van der Waals surface area (Å²) in [7, 11) is 1.78. The topological polar surface area (TPSA) is 50.7 Å². The molecule has 0 fully saturated rings. The van der Waals surface area contributed by atoms with Gasteiger partial charge in [0.15, 0.2) is 0 Å². The fourth-order valence-corrected chi connectivity index (χ4v) is 1.88. The average molecular weight is 253 g/mol. The largest absolute Gasteiger partial charge is 0.357 e. The van der Waals surface area contributed by atoms with Gasteiger partial charge in [0.2, 0.25) is 5.95 Å². The lowest BCUT2D eigenvalue weighted by atomic mass is 10.5. The lowest BCUT2D eigenvalue weighted by molar-refractivity contribution is 1.04. The standard InChI is InChI=1S/C10H9ClN4S/c1-12-10-13-5-4-9(15-10)16-8-3-2-7(11)6-14-8/h2-6H,1H3,(H,12,13,15). The van der Waals surface area contributed by atoms with Gasteiger partial charge in [0.1, 0.15) is 10.1 Å². The molecular weight excluding hydrogens is 244 g/mol. The van der Waals surface area contributed by atoms with E-state index in [-0.39, 0.29) is 0 Å². The van der Waals surface area contributed by atoms with E-state index >= 15 is 0 Å². The summed E-state index contributed by atoms with van der Waals surface area (Å²) in [5.41, 5.74) is 0. The molecule has 2 aromatic heterocycles. The summed E-state index contributed by atoms with van der Waals surface area (Å²) < 4.78 is 0. The van der Waals surface area contributed by atoms with Crippen LogP contribution in [-0.4, -0.2) is 22.0 Å². The Morgan fingerprint density at radius 1 is 1.19 bits per heavy atom. The van der Waals surface area contributed by atoms with E-state index in [9.17, 15) is 0 Å². The third kappa shape index (κ3) is 2.84. The van der Waals surface area contributed by atoms with E-state index in [0.29, 0.717) is 11.0 Å². The fourth-order valence-electron chi connectivity index (χ4n) is 1.05. The first-order valence-corrected chi connectivity index (χ1v) is 5.77. The van der Waals surface area contributed by atoms with Crippen LogP contribution in [-0.2, 0) is 0 Å². The quantitative estimate of drug-likeness (QED) is 0.852. The first-order valence-electron chi connectivity index (χ1n) is 4.58. The molecule has 0 bridgehead atoms. The predicted octanol–water partition coefficient (Wildman–Crippen LogP) is 2.72. The molecule has 4 nitrogen and oxygen atoms in total. The molecule has 0 amide bonds. The molecule has 0 radical (unpaired) electrons. The molecule has 1 N–H and O–H groups in total. The van der Waals surface area contributed by atoms with Crippen molar-refractivity contribution in [2.45, 2.75) is 10.1 Å². The zero-order valence-electron chi connectivity index (χ0n) is 8.51. The third-order valence-electron chi connectivity index (χ3n) is 1.76. The molecule has 0 saturated heterocycles. The van der Waals surface area contributed by atoms with Crippen LogP contribution in [0.5, 0.6) is 0 Å². The summed E-state index contributed by atoms with van der Waals surface area (Å²) in [4.78, 5) is 12.5. The summed E-state index contributed by atoms with van der Waals surface area (Å²) in [6.45, 7) is 0. The van der Waals surface area contributed by atoms with Crippen molar-refractivity contribution in [1.82, 2.24) is 15.0 Å². The molecule has 0 aliphatic heterocycles. The Morgan fingerprint density at radius 2 is 2.06 bits per heavy atom. The van der Waals surface area contributed by atoms with Crippen LogP contribution in [0.25, 0.3) is 0 Å². The van der Waals surface area contributed by atoms with Crippen molar-refractivity contribution in [3.05, 3.63) is 35.6 Å². The number of nitrogens with zero attached hydrogens (tertiary/aromatic N) is 3. The number of hydrogen-bond donors (Lipinski definition) is 1. The monoisotopic (exact) mass is 252 g/mol. The fraction of sp³-hybridized carbons (Fsp3) is 0.100. The Balaban J connectivity index is 2.16. The molecule has 82 valence electrons. The van der Waals surface area contributed by atoms with E-state index in [2.05, 4.69) is 20.3 Å². The molecule has 0 saturated carbocycles. The lowest BCUT2D eigenvalue weighted by Crippen LogP contribution is -1.95. The third-order valence-corrected chi connectivity index (χ3v) is 2.87. The number of anilines is 1. The highest BCUT2D eigenvalue weighted by Gasteiger charge is 2.01. The van der Waals surface area contributed by atoms with E-state index in [4.69, 9.17) is 11.6 Å². The molecule has 2 rings (SSSR count). The second-order valence-electron chi connectivity index (χ2n) is 2.89. The maximum atomic E-state index is 5.75. The van der Waals surface area contributed by atoms with Crippen LogP contribution in [0.4, 0.5) is 5.95 Å². The van der Waals surface area contributed by atoms with Crippen molar-refractivity contribution in [3.8, 4) is 0 Å². The van der Waals surface area contributed by atoms with Crippen LogP contribution in [0.15, 0.2) is 40.6 Å². The van der Waals surface area contributed by atoms with Crippen molar-refractivity contribution in [2.75, 3.05) is 12.4 Å². The summed E-state index contributed by atoms with van der Waals surface area (Å²) >= 11 is 7.22. The van der Waals surface area contributed by atoms with Crippen LogP contribution in [0.1, 0.15) is 0 Å². The number of nitrogens with one attached hydrogen (secondary N) is 1. The Bertz CT molecular complexity index is 475. The molecule has 2 aromatic rings. The molecule has 0 aliphatic carbocycles. The van der Waals surface area contributed by atoms with Gasteiger partial charge in [-0.05, 0) is 30.0 Å². The Morgan fingerprint density at radius 3 is 2.75 bits per heavy atom. The first kappa shape index (κ1) is 11.2. The smallest absolute Gasteiger partial charge is 0.223 e. The minimum Gasteiger partial charge on any atom is -0.357 e. The van der Waals surface area contributed by atoms with Crippen molar-refractivity contribution in [1.29, 1.82) is 0 Å². The number of halogens is 1. The molecule has 16 heavy (non-hydrogen) atoms. The maximum Gasteiger partial charge on any atom is 0.223 e. The van der Waals surface area contributed by atoms with Crippen molar-refractivity contribution in [3.63, 3.8) is 0 Å². The highest BCUT2D eigenvalue weighted by Crippen LogP contribution is 2.24. The zero-order chi connectivity index (χ0) is 11.4. The molecular formula is C10H9ClN4S. The number of hydrogen-bond acceptors (Lipinski definition) is 5. The van der Waals surface area contributed by atoms with Crippen LogP contribution < -0.4 is 5.32 Å². The average Bonchev–Trinajstić information content (AvgIpc) is 2.32. The van der Waals surface area contributed by atoms with Gasteiger partial charge < -0.3 is 5.32 Å². The van der Waals surface area contributed by atoms with Crippen LogP contribution in [0, 0.1) is 0 Å². The number of pyridine rings is 1. The number of aromatic nitrogens is 3. The van der Waals surface area contributed by atoms with Crippen LogP contribution in [0.3, 0.4) is 0 Å². The Kier molecular flexibility index (Phi) is 3.58. The SMILES string of the molecule is CNc1nccc(Sc2ccc(Cl)cn2)n1. The summed E-state index contributed by atoms with van der Waals surface area (Å²) in [6.07, 6.45) is 3.32. The minimum absolute atomic E-state index is 0.596. The molecule has 6 heteroatoms.